The van der Waals surface area contributed by atoms with E-state index in [0.29, 0.717) is 22.3 Å². The number of nitrogens with one attached hydrogen (secondary N) is 1. The fourth-order valence-corrected chi connectivity index (χ4v) is 3.84. The second-order valence-electron chi connectivity index (χ2n) is 4.36. The average molecular weight is 342 g/mol. The molecule has 1 aromatic carbocycles. The fraction of sp³-hybridized carbons (Fsp3) is 0.308. The highest BCUT2D eigenvalue weighted by atomic mass is 35.5. The normalized spacial score (nSPS) is 16.4. The van der Waals surface area contributed by atoms with Gasteiger partial charge in [-0.2, -0.15) is 0 Å². The molecule has 1 aliphatic rings. The lowest BCUT2D eigenvalue weighted by Gasteiger charge is -2.08. The van der Waals surface area contributed by atoms with Crippen molar-refractivity contribution in [2.24, 2.45) is 0 Å². The van der Waals surface area contributed by atoms with Gasteiger partial charge in [-0.15, -0.1) is 10.2 Å². The van der Waals surface area contributed by atoms with Crippen LogP contribution in [0.25, 0.3) is 0 Å². The molecule has 3 rings (SSSR count). The van der Waals surface area contributed by atoms with E-state index in [0.717, 1.165) is 15.7 Å². The van der Waals surface area contributed by atoms with Gasteiger partial charge in [0.15, 0.2) is 10.4 Å². The molecular formula is C13H12ClN3O2S2. The highest BCUT2D eigenvalue weighted by Crippen LogP contribution is 2.32. The summed E-state index contributed by atoms with van der Waals surface area (Å²) in [5.41, 5.74) is 0.946. The molecule has 8 heteroatoms. The first kappa shape index (κ1) is 14.6. The van der Waals surface area contributed by atoms with E-state index in [1.807, 2.05) is 13.0 Å². The first-order valence-electron chi connectivity index (χ1n) is 6.38. The first-order valence-corrected chi connectivity index (χ1v) is 8.56. The van der Waals surface area contributed by atoms with Crippen LogP contribution in [0.3, 0.4) is 0 Å². The summed E-state index contributed by atoms with van der Waals surface area (Å²) in [5, 5.41) is 11.8. The van der Waals surface area contributed by atoms with Crippen LogP contribution in [0.4, 0.5) is 5.13 Å². The smallest absolute Gasteiger partial charge is 0.267 e. The van der Waals surface area contributed by atoms with Crippen molar-refractivity contribution in [1.29, 1.82) is 0 Å². The van der Waals surface area contributed by atoms with Gasteiger partial charge in [-0.25, -0.2) is 0 Å². The molecule has 0 aliphatic carbocycles. The number of amides is 1. The third kappa shape index (κ3) is 3.30. The molecule has 1 N–H and O–H groups in total. The van der Waals surface area contributed by atoms with E-state index in [1.165, 1.54) is 11.3 Å². The van der Waals surface area contributed by atoms with Crippen molar-refractivity contribution in [3.63, 3.8) is 0 Å². The molecule has 0 saturated carbocycles. The number of hydrogen-bond acceptors (Lipinski definition) is 6. The SMILES string of the molecule is CCSc1nnc(NC(=O)[C@H]2Cc3cc(Cl)ccc3O2)s1. The highest BCUT2D eigenvalue weighted by Gasteiger charge is 2.29. The molecule has 5 nitrogen and oxygen atoms in total. The zero-order valence-electron chi connectivity index (χ0n) is 11.1. The van der Waals surface area contributed by atoms with Crippen molar-refractivity contribution in [2.75, 3.05) is 11.1 Å². The van der Waals surface area contributed by atoms with Gasteiger partial charge in [-0.1, -0.05) is 41.6 Å². The van der Waals surface area contributed by atoms with Gasteiger partial charge in [0, 0.05) is 11.4 Å². The summed E-state index contributed by atoms with van der Waals surface area (Å²) in [4.78, 5) is 12.2. The van der Waals surface area contributed by atoms with E-state index < -0.39 is 6.10 Å². The maximum absolute atomic E-state index is 12.2. The molecule has 2 aromatic rings. The van der Waals surface area contributed by atoms with Gasteiger partial charge in [-0.05, 0) is 29.5 Å². The predicted molar refractivity (Wildman–Crippen MR) is 84.5 cm³/mol. The zero-order valence-corrected chi connectivity index (χ0v) is 13.5. The number of carbonyl (C=O) groups excluding carboxylic acids is 1. The maximum atomic E-state index is 12.2. The van der Waals surface area contributed by atoms with Crippen molar-refractivity contribution in [2.45, 2.75) is 23.8 Å². The third-order valence-electron chi connectivity index (χ3n) is 2.89. The molecule has 1 aliphatic heterocycles. The van der Waals surface area contributed by atoms with Crippen LogP contribution in [-0.2, 0) is 11.2 Å². The Labute approximate surface area is 135 Å². The number of halogens is 1. The number of aromatic nitrogens is 2. The summed E-state index contributed by atoms with van der Waals surface area (Å²) in [6.07, 6.45) is -0.0402. The first-order chi connectivity index (χ1) is 10.2. The maximum Gasteiger partial charge on any atom is 0.267 e. The van der Waals surface area contributed by atoms with Gasteiger partial charge in [0.1, 0.15) is 5.75 Å². The number of ether oxygens (including phenoxy) is 1. The number of nitrogens with zero attached hydrogens (tertiary/aromatic N) is 2. The lowest BCUT2D eigenvalue weighted by atomic mass is 10.1. The summed E-state index contributed by atoms with van der Waals surface area (Å²) in [6, 6.07) is 5.36. The number of hydrogen-bond donors (Lipinski definition) is 1. The van der Waals surface area contributed by atoms with E-state index >= 15 is 0 Å². The van der Waals surface area contributed by atoms with Crippen LogP contribution in [0.15, 0.2) is 22.5 Å². The van der Waals surface area contributed by atoms with Crippen molar-refractivity contribution in [3.05, 3.63) is 28.8 Å². The second-order valence-corrected chi connectivity index (χ2v) is 7.28. The summed E-state index contributed by atoms with van der Waals surface area (Å²) in [5.74, 6) is 1.41. The molecule has 0 saturated heterocycles. The van der Waals surface area contributed by atoms with Gasteiger partial charge in [0.2, 0.25) is 5.13 Å². The molecule has 0 unspecified atom stereocenters. The molecule has 21 heavy (non-hydrogen) atoms. The summed E-state index contributed by atoms with van der Waals surface area (Å²) >= 11 is 8.90. The molecule has 1 aromatic heterocycles. The zero-order chi connectivity index (χ0) is 14.8. The van der Waals surface area contributed by atoms with Gasteiger partial charge >= 0.3 is 0 Å². The van der Waals surface area contributed by atoms with Crippen molar-refractivity contribution < 1.29 is 9.53 Å². The van der Waals surface area contributed by atoms with Crippen LogP contribution in [0.2, 0.25) is 5.02 Å². The van der Waals surface area contributed by atoms with Crippen LogP contribution in [0, 0.1) is 0 Å². The monoisotopic (exact) mass is 341 g/mol. The largest absolute Gasteiger partial charge is 0.480 e. The van der Waals surface area contributed by atoms with Crippen LogP contribution >= 0.6 is 34.7 Å². The van der Waals surface area contributed by atoms with Crippen molar-refractivity contribution in [3.8, 4) is 5.75 Å². The van der Waals surface area contributed by atoms with Gasteiger partial charge in [0.25, 0.3) is 5.91 Å². The highest BCUT2D eigenvalue weighted by molar-refractivity contribution is 8.01. The van der Waals surface area contributed by atoms with Crippen molar-refractivity contribution in [1.82, 2.24) is 10.2 Å². The molecule has 0 spiro atoms. The Morgan fingerprint density at radius 3 is 3.24 bits per heavy atom. The molecule has 0 radical (unpaired) electrons. The Balaban J connectivity index is 1.64. The number of anilines is 1. The summed E-state index contributed by atoms with van der Waals surface area (Å²) < 4.78 is 6.47. The number of benzene rings is 1. The third-order valence-corrected chi connectivity index (χ3v) is 4.98. The Kier molecular flexibility index (Phi) is 4.32. The quantitative estimate of drug-likeness (QED) is 0.683. The minimum absolute atomic E-state index is 0.216. The molecule has 0 bridgehead atoms. The van der Waals surface area contributed by atoms with Gasteiger partial charge in [0.05, 0.1) is 0 Å². The topological polar surface area (TPSA) is 64.1 Å². The van der Waals surface area contributed by atoms with Crippen LogP contribution in [0.5, 0.6) is 5.75 Å². The number of thioether (sulfide) groups is 1. The Morgan fingerprint density at radius 2 is 2.43 bits per heavy atom. The van der Waals surface area contributed by atoms with E-state index in [-0.39, 0.29) is 5.91 Å². The molecule has 1 atom stereocenters. The molecule has 1 amide bonds. The van der Waals surface area contributed by atoms with Gasteiger partial charge in [-0.3, -0.25) is 10.1 Å². The molecule has 0 fully saturated rings. The number of carbonyl (C=O) groups is 1. The lowest BCUT2D eigenvalue weighted by Crippen LogP contribution is -2.31. The molecule has 110 valence electrons. The van der Waals surface area contributed by atoms with E-state index in [2.05, 4.69) is 15.5 Å². The Hall–Kier alpha value is -1.31. The van der Waals surface area contributed by atoms with E-state index in [9.17, 15) is 4.79 Å². The summed E-state index contributed by atoms with van der Waals surface area (Å²) in [6.45, 7) is 2.04. The lowest BCUT2D eigenvalue weighted by molar-refractivity contribution is -0.122. The predicted octanol–water partition coefficient (Wildman–Crippen LogP) is 3.25. The minimum Gasteiger partial charge on any atom is -0.480 e. The fourth-order valence-electron chi connectivity index (χ4n) is 1.99. The van der Waals surface area contributed by atoms with Crippen LogP contribution in [0.1, 0.15) is 12.5 Å². The van der Waals surface area contributed by atoms with E-state index in [4.69, 9.17) is 16.3 Å². The standard InChI is InChI=1S/C13H12ClN3O2S2/c1-2-20-13-17-16-12(21-13)15-11(18)10-6-7-5-8(14)3-4-9(7)19-10/h3-5,10H,2,6H2,1H3,(H,15,16,18)/t10-/m1/s1. The number of rotatable bonds is 4. The Bertz CT molecular complexity index is 677. The summed E-state index contributed by atoms with van der Waals surface area (Å²) in [7, 11) is 0. The second kappa shape index (κ2) is 6.21. The van der Waals surface area contributed by atoms with Crippen LogP contribution < -0.4 is 10.1 Å². The van der Waals surface area contributed by atoms with Gasteiger partial charge < -0.3 is 4.74 Å². The van der Waals surface area contributed by atoms with Crippen LogP contribution in [-0.4, -0.2) is 28.0 Å². The number of fused-ring (bicyclic) bond motifs is 1. The van der Waals surface area contributed by atoms with Crippen molar-refractivity contribution >= 4 is 45.7 Å². The molecular weight excluding hydrogens is 330 g/mol. The Morgan fingerprint density at radius 1 is 1.57 bits per heavy atom. The van der Waals surface area contributed by atoms with E-state index in [1.54, 1.807) is 23.9 Å². The minimum atomic E-state index is -0.551. The molecule has 2 heterocycles. The average Bonchev–Trinajstić information content (AvgIpc) is 3.05.